The highest BCUT2D eigenvalue weighted by molar-refractivity contribution is 9.10. The van der Waals surface area contributed by atoms with Crippen molar-refractivity contribution in [2.75, 3.05) is 36.0 Å². The molecule has 21 heavy (non-hydrogen) atoms. The lowest BCUT2D eigenvalue weighted by Crippen LogP contribution is -2.46. The highest BCUT2D eigenvalue weighted by Crippen LogP contribution is 2.23. The minimum Gasteiger partial charge on any atom is -0.368 e. The molecular weight excluding hydrogens is 350 g/mol. The summed E-state index contributed by atoms with van der Waals surface area (Å²) in [6.07, 6.45) is 0. The van der Waals surface area contributed by atoms with Crippen LogP contribution in [0.1, 0.15) is 5.69 Å². The molecule has 5 heteroatoms. The van der Waals surface area contributed by atoms with Gasteiger partial charge < -0.3 is 9.80 Å². The maximum Gasteiger partial charge on any atom is 0.128 e. The summed E-state index contributed by atoms with van der Waals surface area (Å²) in [5, 5.41) is 0.784. The van der Waals surface area contributed by atoms with E-state index >= 15 is 0 Å². The molecule has 1 aliphatic rings. The highest BCUT2D eigenvalue weighted by Gasteiger charge is 2.18. The fourth-order valence-electron chi connectivity index (χ4n) is 2.55. The van der Waals surface area contributed by atoms with E-state index in [0.717, 1.165) is 47.2 Å². The number of pyridine rings is 1. The van der Waals surface area contributed by atoms with Crippen molar-refractivity contribution < 1.29 is 0 Å². The predicted octanol–water partition coefficient (Wildman–Crippen LogP) is 4.13. The van der Waals surface area contributed by atoms with Crippen molar-refractivity contribution in [3.05, 3.63) is 51.6 Å². The number of nitrogens with zero attached hydrogens (tertiary/aromatic N) is 3. The molecule has 0 unspecified atom stereocenters. The van der Waals surface area contributed by atoms with Gasteiger partial charge in [-0.3, -0.25) is 0 Å². The summed E-state index contributed by atoms with van der Waals surface area (Å²) in [4.78, 5) is 9.38. The smallest absolute Gasteiger partial charge is 0.128 e. The number of hydrogen-bond acceptors (Lipinski definition) is 3. The number of halogens is 2. The van der Waals surface area contributed by atoms with Gasteiger partial charge in [0.15, 0.2) is 0 Å². The Labute approximate surface area is 138 Å². The van der Waals surface area contributed by atoms with Gasteiger partial charge in [-0.15, -0.1) is 0 Å². The zero-order chi connectivity index (χ0) is 14.8. The number of benzene rings is 1. The molecule has 2 heterocycles. The molecule has 0 saturated carbocycles. The first kappa shape index (κ1) is 14.7. The van der Waals surface area contributed by atoms with E-state index in [0.29, 0.717) is 0 Å². The molecule has 1 fully saturated rings. The SMILES string of the molecule is Cc1nc(N2CCN(c3ccc(Cl)cc3)CC2)ccc1Br. The van der Waals surface area contributed by atoms with Crippen LogP contribution in [-0.4, -0.2) is 31.2 Å². The van der Waals surface area contributed by atoms with E-state index in [-0.39, 0.29) is 0 Å². The van der Waals surface area contributed by atoms with Gasteiger partial charge in [-0.1, -0.05) is 11.6 Å². The van der Waals surface area contributed by atoms with E-state index in [1.54, 1.807) is 0 Å². The molecule has 0 amide bonds. The fourth-order valence-corrected chi connectivity index (χ4v) is 2.90. The molecule has 1 aromatic heterocycles. The third kappa shape index (κ3) is 3.33. The van der Waals surface area contributed by atoms with E-state index in [1.165, 1.54) is 5.69 Å². The summed E-state index contributed by atoms with van der Waals surface area (Å²) in [5.74, 6) is 1.06. The van der Waals surface area contributed by atoms with Gasteiger partial charge in [0.25, 0.3) is 0 Å². The first-order valence-corrected chi connectivity index (χ1v) is 8.19. The van der Waals surface area contributed by atoms with E-state index in [4.69, 9.17) is 11.6 Å². The van der Waals surface area contributed by atoms with Crippen LogP contribution in [0.25, 0.3) is 0 Å². The zero-order valence-electron chi connectivity index (χ0n) is 11.9. The first-order chi connectivity index (χ1) is 10.1. The molecule has 3 rings (SSSR count). The average Bonchev–Trinajstić information content (AvgIpc) is 2.51. The Bertz CT molecular complexity index is 622. The van der Waals surface area contributed by atoms with Crippen LogP contribution in [0.2, 0.25) is 5.02 Å². The molecule has 0 atom stereocenters. The minimum atomic E-state index is 0.784. The number of rotatable bonds is 2. The minimum absolute atomic E-state index is 0.784. The molecule has 0 N–H and O–H groups in total. The molecule has 1 aliphatic heterocycles. The highest BCUT2D eigenvalue weighted by atomic mass is 79.9. The van der Waals surface area contributed by atoms with Gasteiger partial charge in [-0.05, 0) is 59.3 Å². The lowest BCUT2D eigenvalue weighted by Gasteiger charge is -2.36. The van der Waals surface area contributed by atoms with E-state index in [1.807, 2.05) is 19.1 Å². The van der Waals surface area contributed by atoms with Crippen molar-refractivity contribution in [1.82, 2.24) is 4.98 Å². The maximum absolute atomic E-state index is 5.94. The molecule has 2 aromatic rings. The van der Waals surface area contributed by atoms with Gasteiger partial charge in [0.2, 0.25) is 0 Å². The summed E-state index contributed by atoms with van der Waals surface area (Å²) < 4.78 is 1.06. The van der Waals surface area contributed by atoms with Crippen molar-refractivity contribution in [1.29, 1.82) is 0 Å². The number of piperazine rings is 1. The predicted molar refractivity (Wildman–Crippen MR) is 92.6 cm³/mol. The van der Waals surface area contributed by atoms with Crippen LogP contribution < -0.4 is 9.80 Å². The van der Waals surface area contributed by atoms with Gasteiger partial charge >= 0.3 is 0 Å². The van der Waals surface area contributed by atoms with Crippen molar-refractivity contribution >= 4 is 39.0 Å². The average molecular weight is 367 g/mol. The summed E-state index contributed by atoms with van der Waals surface area (Å²) in [7, 11) is 0. The van der Waals surface area contributed by atoms with Crippen molar-refractivity contribution in [3.8, 4) is 0 Å². The first-order valence-electron chi connectivity index (χ1n) is 7.02. The molecule has 0 aliphatic carbocycles. The second-order valence-corrected chi connectivity index (χ2v) is 6.48. The number of anilines is 2. The van der Waals surface area contributed by atoms with Crippen LogP contribution in [0.4, 0.5) is 11.5 Å². The molecule has 110 valence electrons. The molecular formula is C16H17BrClN3. The topological polar surface area (TPSA) is 19.4 Å². The quantitative estimate of drug-likeness (QED) is 0.796. The van der Waals surface area contributed by atoms with E-state index in [9.17, 15) is 0 Å². The van der Waals surface area contributed by atoms with Crippen LogP contribution in [0.15, 0.2) is 40.9 Å². The largest absolute Gasteiger partial charge is 0.368 e. The number of aryl methyl sites for hydroxylation is 1. The van der Waals surface area contributed by atoms with Crippen molar-refractivity contribution in [2.45, 2.75) is 6.92 Å². The lowest BCUT2D eigenvalue weighted by atomic mass is 10.2. The molecule has 1 saturated heterocycles. The normalized spacial score (nSPS) is 15.4. The standard InChI is InChI=1S/C16H17BrClN3/c1-12-15(17)6-7-16(19-12)21-10-8-20(9-11-21)14-4-2-13(18)3-5-14/h2-7H,8-11H2,1H3. The fraction of sp³-hybridized carbons (Fsp3) is 0.312. The van der Waals surface area contributed by atoms with Gasteiger partial charge in [0.05, 0.1) is 5.69 Å². The van der Waals surface area contributed by atoms with E-state index in [2.05, 4.69) is 55.0 Å². The van der Waals surface area contributed by atoms with Crippen molar-refractivity contribution in [2.24, 2.45) is 0 Å². The molecule has 3 nitrogen and oxygen atoms in total. The van der Waals surface area contributed by atoms with Crippen LogP contribution in [0, 0.1) is 6.92 Å². The number of hydrogen-bond donors (Lipinski definition) is 0. The van der Waals surface area contributed by atoms with Crippen LogP contribution in [0.5, 0.6) is 0 Å². The Morgan fingerprint density at radius 2 is 1.57 bits per heavy atom. The Kier molecular flexibility index (Phi) is 4.36. The zero-order valence-corrected chi connectivity index (χ0v) is 14.2. The van der Waals surface area contributed by atoms with Gasteiger partial charge in [0, 0.05) is 41.4 Å². The number of aromatic nitrogens is 1. The Balaban J connectivity index is 1.67. The van der Waals surface area contributed by atoms with Crippen LogP contribution >= 0.6 is 27.5 Å². The molecule has 0 spiro atoms. The van der Waals surface area contributed by atoms with Crippen LogP contribution in [0.3, 0.4) is 0 Å². The van der Waals surface area contributed by atoms with Gasteiger partial charge in [-0.25, -0.2) is 4.98 Å². The molecule has 1 aromatic carbocycles. The van der Waals surface area contributed by atoms with Crippen LogP contribution in [-0.2, 0) is 0 Å². The second-order valence-electron chi connectivity index (χ2n) is 5.19. The molecule has 0 bridgehead atoms. The Morgan fingerprint density at radius 3 is 2.19 bits per heavy atom. The summed E-state index contributed by atoms with van der Waals surface area (Å²) >= 11 is 9.44. The maximum atomic E-state index is 5.94. The van der Waals surface area contributed by atoms with Gasteiger partial charge in [-0.2, -0.15) is 0 Å². The molecule has 0 radical (unpaired) electrons. The summed E-state index contributed by atoms with van der Waals surface area (Å²) in [5.41, 5.74) is 2.27. The van der Waals surface area contributed by atoms with Gasteiger partial charge in [0.1, 0.15) is 5.82 Å². The van der Waals surface area contributed by atoms with Crippen molar-refractivity contribution in [3.63, 3.8) is 0 Å². The summed E-state index contributed by atoms with van der Waals surface area (Å²) in [6, 6.07) is 12.2. The third-order valence-electron chi connectivity index (χ3n) is 3.80. The van der Waals surface area contributed by atoms with E-state index < -0.39 is 0 Å². The third-order valence-corrected chi connectivity index (χ3v) is 4.89. The monoisotopic (exact) mass is 365 g/mol. The second kappa shape index (κ2) is 6.24. The lowest BCUT2D eigenvalue weighted by molar-refractivity contribution is 0.647. The summed E-state index contributed by atoms with van der Waals surface area (Å²) in [6.45, 7) is 5.99. The Hall–Kier alpha value is -1.26. The Morgan fingerprint density at radius 1 is 0.952 bits per heavy atom.